The molecule has 1 aromatic heterocycles. The fourth-order valence-electron chi connectivity index (χ4n) is 2.40. The number of likely N-dealkylation sites (N-methyl/N-ethyl adjacent to an activating group) is 1. The van der Waals surface area contributed by atoms with Crippen LogP contribution in [0.4, 0.5) is 0 Å². The number of para-hydroxylation sites is 1. The Hall–Kier alpha value is -1.84. The van der Waals surface area contributed by atoms with Gasteiger partial charge in [0.1, 0.15) is 0 Å². The first-order chi connectivity index (χ1) is 11.1. The molecule has 23 heavy (non-hydrogen) atoms. The summed E-state index contributed by atoms with van der Waals surface area (Å²) in [7, 11) is 0. The minimum Gasteiger partial charge on any atom is -0.302 e. The van der Waals surface area contributed by atoms with Crippen molar-refractivity contribution in [3.63, 3.8) is 0 Å². The molecule has 0 bridgehead atoms. The molecule has 2 rings (SSSR count). The van der Waals surface area contributed by atoms with Gasteiger partial charge in [0.25, 0.3) is 5.56 Å². The van der Waals surface area contributed by atoms with Crippen LogP contribution < -0.4 is 5.56 Å². The van der Waals surface area contributed by atoms with Gasteiger partial charge in [-0.2, -0.15) is 5.26 Å². The zero-order valence-electron chi connectivity index (χ0n) is 13.8. The molecule has 0 amide bonds. The molecule has 0 spiro atoms. The first kappa shape index (κ1) is 17.5. The van der Waals surface area contributed by atoms with Gasteiger partial charge >= 0.3 is 0 Å². The van der Waals surface area contributed by atoms with Crippen molar-refractivity contribution in [3.05, 3.63) is 34.6 Å². The smallest absolute Gasteiger partial charge is 0.262 e. The molecule has 0 fully saturated rings. The van der Waals surface area contributed by atoms with Crippen molar-refractivity contribution in [2.75, 3.05) is 19.6 Å². The molecule has 1 heterocycles. The van der Waals surface area contributed by atoms with Crippen LogP contribution in [0.3, 0.4) is 0 Å². The van der Waals surface area contributed by atoms with E-state index in [-0.39, 0.29) is 10.8 Å². The van der Waals surface area contributed by atoms with Crippen LogP contribution in [0.1, 0.15) is 20.8 Å². The van der Waals surface area contributed by atoms with Gasteiger partial charge in [0.2, 0.25) is 0 Å². The van der Waals surface area contributed by atoms with E-state index in [4.69, 9.17) is 5.26 Å². The number of aromatic nitrogens is 2. The van der Waals surface area contributed by atoms with Gasteiger partial charge in [0, 0.05) is 13.1 Å². The third kappa shape index (κ3) is 4.12. The van der Waals surface area contributed by atoms with Gasteiger partial charge in [-0.1, -0.05) is 37.7 Å². The minimum absolute atomic E-state index is 0.0320. The number of benzene rings is 1. The number of thioether (sulfide) groups is 1. The van der Waals surface area contributed by atoms with Crippen molar-refractivity contribution >= 4 is 22.7 Å². The Kier molecular flexibility index (Phi) is 6.20. The van der Waals surface area contributed by atoms with Gasteiger partial charge in [-0.3, -0.25) is 9.36 Å². The van der Waals surface area contributed by atoms with Crippen molar-refractivity contribution < 1.29 is 0 Å². The molecule has 0 radical (unpaired) electrons. The molecule has 0 aliphatic carbocycles. The molecule has 0 saturated heterocycles. The van der Waals surface area contributed by atoms with E-state index in [1.807, 2.05) is 25.1 Å². The summed E-state index contributed by atoms with van der Waals surface area (Å²) < 4.78 is 1.71. The highest BCUT2D eigenvalue weighted by Crippen LogP contribution is 2.21. The zero-order chi connectivity index (χ0) is 16.8. The van der Waals surface area contributed by atoms with Crippen molar-refractivity contribution in [1.82, 2.24) is 14.5 Å². The van der Waals surface area contributed by atoms with Gasteiger partial charge in [0.15, 0.2) is 5.16 Å². The number of nitriles is 1. The normalized spacial score (nSPS) is 12.5. The molecular formula is C17H22N4OS. The predicted octanol–water partition coefficient (Wildman–Crippen LogP) is 2.74. The van der Waals surface area contributed by atoms with E-state index in [2.05, 4.69) is 29.8 Å². The van der Waals surface area contributed by atoms with Crippen molar-refractivity contribution in [3.8, 4) is 6.07 Å². The number of rotatable bonds is 7. The zero-order valence-corrected chi connectivity index (χ0v) is 14.6. The Morgan fingerprint density at radius 2 is 2.04 bits per heavy atom. The van der Waals surface area contributed by atoms with Crippen LogP contribution in [0.2, 0.25) is 0 Å². The standard InChI is InChI=1S/C17H22N4OS/c1-4-20(5-2)10-11-21-16(22)14-8-6-7-9-15(14)19-17(21)23-13(3)12-18/h6-9,13H,4-5,10-11H2,1-3H3/t13-/m1/s1. The second-order valence-electron chi connectivity index (χ2n) is 5.28. The van der Waals surface area contributed by atoms with Gasteiger partial charge < -0.3 is 4.90 Å². The van der Waals surface area contributed by atoms with Gasteiger partial charge in [-0.15, -0.1) is 0 Å². The maximum Gasteiger partial charge on any atom is 0.262 e. The molecule has 0 aliphatic heterocycles. The molecule has 2 aromatic rings. The molecule has 0 N–H and O–H groups in total. The SMILES string of the molecule is CCN(CC)CCn1c(S[C@H](C)C#N)nc2ccccc2c1=O. The molecule has 1 aromatic carbocycles. The number of nitrogens with zero attached hydrogens (tertiary/aromatic N) is 4. The van der Waals surface area contributed by atoms with E-state index in [0.717, 1.165) is 19.6 Å². The first-order valence-corrected chi connectivity index (χ1v) is 8.76. The van der Waals surface area contributed by atoms with E-state index in [9.17, 15) is 4.79 Å². The summed E-state index contributed by atoms with van der Waals surface area (Å²) in [5.74, 6) is 0. The van der Waals surface area contributed by atoms with E-state index >= 15 is 0 Å². The summed E-state index contributed by atoms with van der Waals surface area (Å²) in [5.41, 5.74) is 0.652. The van der Waals surface area contributed by atoms with Crippen LogP contribution in [0, 0.1) is 11.3 Å². The van der Waals surface area contributed by atoms with Crippen molar-refractivity contribution in [1.29, 1.82) is 5.26 Å². The highest BCUT2D eigenvalue weighted by molar-refractivity contribution is 8.00. The van der Waals surface area contributed by atoms with Crippen LogP contribution in [-0.4, -0.2) is 39.3 Å². The first-order valence-electron chi connectivity index (χ1n) is 7.88. The number of hydrogen-bond acceptors (Lipinski definition) is 5. The lowest BCUT2D eigenvalue weighted by molar-refractivity contribution is 0.284. The Bertz CT molecular complexity index is 761. The summed E-state index contributed by atoms with van der Waals surface area (Å²) >= 11 is 1.34. The van der Waals surface area contributed by atoms with E-state index < -0.39 is 0 Å². The second kappa shape index (κ2) is 8.14. The van der Waals surface area contributed by atoms with Crippen LogP contribution in [-0.2, 0) is 6.54 Å². The summed E-state index contributed by atoms with van der Waals surface area (Å²) in [6.07, 6.45) is 0. The maximum absolute atomic E-state index is 12.8. The summed E-state index contributed by atoms with van der Waals surface area (Å²) in [4.78, 5) is 19.7. The molecule has 5 nitrogen and oxygen atoms in total. The Balaban J connectivity index is 2.45. The van der Waals surface area contributed by atoms with E-state index in [1.54, 1.807) is 10.6 Å². The lowest BCUT2D eigenvalue weighted by atomic mass is 10.2. The summed E-state index contributed by atoms with van der Waals surface area (Å²) in [5, 5.41) is 10.1. The Labute approximate surface area is 140 Å². The van der Waals surface area contributed by atoms with Crippen molar-refractivity contribution in [2.45, 2.75) is 37.7 Å². The lowest BCUT2D eigenvalue weighted by Gasteiger charge is -2.20. The summed E-state index contributed by atoms with van der Waals surface area (Å²) in [6, 6.07) is 9.56. The maximum atomic E-state index is 12.8. The highest BCUT2D eigenvalue weighted by Gasteiger charge is 2.14. The second-order valence-corrected chi connectivity index (χ2v) is 6.59. The highest BCUT2D eigenvalue weighted by atomic mass is 32.2. The fourth-order valence-corrected chi connectivity index (χ4v) is 3.22. The molecular weight excluding hydrogens is 308 g/mol. The lowest BCUT2D eigenvalue weighted by Crippen LogP contribution is -2.32. The Morgan fingerprint density at radius 3 is 2.70 bits per heavy atom. The van der Waals surface area contributed by atoms with Crippen molar-refractivity contribution in [2.24, 2.45) is 0 Å². The van der Waals surface area contributed by atoms with Gasteiger partial charge in [-0.05, 0) is 32.1 Å². The third-order valence-corrected chi connectivity index (χ3v) is 4.81. The average molecular weight is 330 g/mol. The average Bonchev–Trinajstić information content (AvgIpc) is 2.57. The van der Waals surface area contributed by atoms with Crippen LogP contribution in [0.25, 0.3) is 10.9 Å². The number of hydrogen-bond donors (Lipinski definition) is 0. The van der Waals surface area contributed by atoms with Crippen LogP contribution in [0.15, 0.2) is 34.2 Å². The third-order valence-electron chi connectivity index (χ3n) is 3.82. The number of fused-ring (bicyclic) bond motifs is 1. The van der Waals surface area contributed by atoms with Gasteiger partial charge in [-0.25, -0.2) is 4.98 Å². The summed E-state index contributed by atoms with van der Waals surface area (Å²) in [6.45, 7) is 9.31. The fraction of sp³-hybridized carbons (Fsp3) is 0.471. The van der Waals surface area contributed by atoms with Gasteiger partial charge in [0.05, 0.1) is 22.2 Å². The van der Waals surface area contributed by atoms with Crippen LogP contribution >= 0.6 is 11.8 Å². The largest absolute Gasteiger partial charge is 0.302 e. The van der Waals surface area contributed by atoms with Crippen LogP contribution in [0.5, 0.6) is 0 Å². The molecule has 1 atom stereocenters. The quantitative estimate of drug-likeness (QED) is 0.577. The minimum atomic E-state index is -0.247. The monoisotopic (exact) mass is 330 g/mol. The van der Waals surface area contributed by atoms with E-state index in [0.29, 0.717) is 22.6 Å². The molecule has 0 unspecified atom stereocenters. The Morgan fingerprint density at radius 1 is 1.35 bits per heavy atom. The van der Waals surface area contributed by atoms with E-state index in [1.165, 1.54) is 11.8 Å². The molecule has 0 saturated carbocycles. The molecule has 0 aliphatic rings. The topological polar surface area (TPSA) is 61.9 Å². The predicted molar refractivity (Wildman–Crippen MR) is 94.7 cm³/mol. The molecule has 6 heteroatoms. The molecule has 122 valence electrons.